The van der Waals surface area contributed by atoms with Gasteiger partial charge in [0.25, 0.3) is 6.47 Å². The molecule has 3 heteroatoms. The highest BCUT2D eigenvalue weighted by Crippen LogP contribution is 2.01. The summed E-state index contributed by atoms with van der Waals surface area (Å²) >= 11 is 0. The number of hydrogen-bond acceptors (Lipinski definition) is 3. The normalized spacial score (nSPS) is 12.1. The summed E-state index contributed by atoms with van der Waals surface area (Å²) in [7, 11) is 0. The van der Waals surface area contributed by atoms with Crippen LogP contribution in [0.1, 0.15) is 5.56 Å². The van der Waals surface area contributed by atoms with E-state index in [1.807, 2.05) is 30.3 Å². The van der Waals surface area contributed by atoms with Crippen LogP contribution in [-0.4, -0.2) is 19.1 Å². The average Bonchev–Trinajstić information content (AvgIpc) is 2.16. The summed E-state index contributed by atoms with van der Waals surface area (Å²) in [6.45, 7) is 0.698. The summed E-state index contributed by atoms with van der Waals surface area (Å²) in [6, 6.07) is 9.76. The van der Waals surface area contributed by atoms with Gasteiger partial charge in [-0.15, -0.1) is 0 Å². The van der Waals surface area contributed by atoms with E-state index in [0.29, 0.717) is 6.47 Å². The lowest BCUT2D eigenvalue weighted by Gasteiger charge is -2.09. The van der Waals surface area contributed by atoms with Gasteiger partial charge in [0.1, 0.15) is 6.61 Å². The number of nitrogens with two attached hydrogens (primary N) is 1. The Kier molecular flexibility index (Phi) is 3.99. The minimum Gasteiger partial charge on any atom is -0.466 e. The van der Waals surface area contributed by atoms with E-state index in [9.17, 15) is 4.79 Å². The number of ether oxygens (including phenoxy) is 1. The summed E-state index contributed by atoms with van der Waals surface area (Å²) in [4.78, 5) is 9.88. The Bertz CT molecular complexity index is 248. The topological polar surface area (TPSA) is 52.3 Å². The van der Waals surface area contributed by atoms with Crippen molar-refractivity contribution < 1.29 is 9.53 Å². The van der Waals surface area contributed by atoms with Gasteiger partial charge in [-0.05, 0) is 12.0 Å². The monoisotopic (exact) mass is 179 g/mol. The summed E-state index contributed by atoms with van der Waals surface area (Å²) in [5, 5.41) is 0. The van der Waals surface area contributed by atoms with Crippen molar-refractivity contribution in [3.8, 4) is 0 Å². The zero-order chi connectivity index (χ0) is 9.52. The van der Waals surface area contributed by atoms with E-state index in [4.69, 9.17) is 5.73 Å². The van der Waals surface area contributed by atoms with Crippen LogP contribution in [0.25, 0.3) is 0 Å². The van der Waals surface area contributed by atoms with Crippen molar-refractivity contribution in [2.75, 3.05) is 6.61 Å². The van der Waals surface area contributed by atoms with Crippen LogP contribution in [0.3, 0.4) is 0 Å². The number of carbonyl (C=O) groups is 1. The Balaban J connectivity index is 2.36. The van der Waals surface area contributed by atoms with Gasteiger partial charge in [0.2, 0.25) is 0 Å². The van der Waals surface area contributed by atoms with Gasteiger partial charge in [-0.1, -0.05) is 30.3 Å². The molecule has 0 fully saturated rings. The van der Waals surface area contributed by atoms with Crippen LogP contribution in [0.2, 0.25) is 0 Å². The zero-order valence-corrected chi connectivity index (χ0v) is 7.35. The molecule has 1 aromatic carbocycles. The van der Waals surface area contributed by atoms with Gasteiger partial charge < -0.3 is 10.5 Å². The minimum absolute atomic E-state index is 0.118. The van der Waals surface area contributed by atoms with Crippen molar-refractivity contribution in [3.05, 3.63) is 35.9 Å². The lowest BCUT2D eigenvalue weighted by atomic mass is 10.1. The first-order valence-corrected chi connectivity index (χ1v) is 4.17. The van der Waals surface area contributed by atoms with E-state index in [1.165, 1.54) is 0 Å². The van der Waals surface area contributed by atoms with E-state index >= 15 is 0 Å². The van der Waals surface area contributed by atoms with Crippen LogP contribution in [0.4, 0.5) is 0 Å². The molecule has 0 radical (unpaired) electrons. The van der Waals surface area contributed by atoms with Crippen molar-refractivity contribution in [2.24, 2.45) is 5.73 Å². The lowest BCUT2D eigenvalue weighted by molar-refractivity contribution is -0.129. The molecule has 13 heavy (non-hydrogen) atoms. The summed E-state index contributed by atoms with van der Waals surface area (Å²) in [5.74, 6) is 0. The fraction of sp³-hybridized carbons (Fsp3) is 0.300. The minimum atomic E-state index is -0.118. The fourth-order valence-corrected chi connectivity index (χ4v) is 1.14. The average molecular weight is 179 g/mol. The van der Waals surface area contributed by atoms with Crippen LogP contribution >= 0.6 is 0 Å². The van der Waals surface area contributed by atoms with Gasteiger partial charge in [0.15, 0.2) is 0 Å². The predicted octanol–water partition coefficient (Wildman–Crippen LogP) is 0.729. The predicted molar refractivity (Wildman–Crippen MR) is 50.1 cm³/mol. The molecule has 0 aliphatic heterocycles. The van der Waals surface area contributed by atoms with Gasteiger partial charge in [0.05, 0.1) is 0 Å². The van der Waals surface area contributed by atoms with Crippen LogP contribution < -0.4 is 5.73 Å². The molecule has 1 atom stereocenters. The molecule has 0 saturated heterocycles. The smallest absolute Gasteiger partial charge is 0.293 e. The Morgan fingerprint density at radius 2 is 2.08 bits per heavy atom. The number of hydrogen-bond donors (Lipinski definition) is 1. The first kappa shape index (κ1) is 9.74. The highest BCUT2D eigenvalue weighted by molar-refractivity contribution is 5.37. The molecule has 0 aliphatic carbocycles. The van der Waals surface area contributed by atoms with Crippen LogP contribution in [-0.2, 0) is 16.0 Å². The third kappa shape index (κ3) is 3.71. The number of benzene rings is 1. The third-order valence-electron chi connectivity index (χ3n) is 1.72. The van der Waals surface area contributed by atoms with Crippen molar-refractivity contribution in [3.63, 3.8) is 0 Å². The van der Waals surface area contributed by atoms with E-state index < -0.39 is 0 Å². The number of rotatable bonds is 5. The van der Waals surface area contributed by atoms with Crippen LogP contribution in [0.5, 0.6) is 0 Å². The van der Waals surface area contributed by atoms with Crippen molar-refractivity contribution >= 4 is 6.47 Å². The first-order chi connectivity index (χ1) is 6.33. The molecule has 0 spiro atoms. The Hall–Kier alpha value is -1.35. The molecule has 1 aromatic rings. The van der Waals surface area contributed by atoms with Crippen LogP contribution in [0.15, 0.2) is 30.3 Å². The Morgan fingerprint density at radius 3 is 2.69 bits per heavy atom. The quantitative estimate of drug-likeness (QED) is 0.678. The zero-order valence-electron chi connectivity index (χ0n) is 7.35. The van der Waals surface area contributed by atoms with Crippen molar-refractivity contribution in [2.45, 2.75) is 12.5 Å². The molecular formula is C10H13NO2. The summed E-state index contributed by atoms with van der Waals surface area (Å²) in [6.07, 6.45) is 0.731. The van der Waals surface area contributed by atoms with Gasteiger partial charge >= 0.3 is 0 Å². The van der Waals surface area contributed by atoms with E-state index in [-0.39, 0.29) is 12.6 Å². The van der Waals surface area contributed by atoms with Gasteiger partial charge in [0, 0.05) is 6.04 Å². The number of carbonyl (C=O) groups excluding carboxylic acids is 1. The molecule has 3 nitrogen and oxygen atoms in total. The molecule has 1 unspecified atom stereocenters. The second-order valence-electron chi connectivity index (χ2n) is 2.88. The first-order valence-electron chi connectivity index (χ1n) is 4.17. The van der Waals surface area contributed by atoms with Gasteiger partial charge in [-0.3, -0.25) is 4.79 Å². The summed E-state index contributed by atoms with van der Waals surface area (Å²) < 4.78 is 4.56. The highest BCUT2D eigenvalue weighted by Gasteiger charge is 2.03. The molecule has 0 heterocycles. The summed E-state index contributed by atoms with van der Waals surface area (Å²) in [5.41, 5.74) is 6.86. The largest absolute Gasteiger partial charge is 0.466 e. The molecule has 0 aromatic heterocycles. The second kappa shape index (κ2) is 5.32. The van der Waals surface area contributed by atoms with Gasteiger partial charge in [-0.2, -0.15) is 0 Å². The molecular weight excluding hydrogens is 166 g/mol. The van der Waals surface area contributed by atoms with E-state index in [1.54, 1.807) is 0 Å². The highest BCUT2D eigenvalue weighted by atomic mass is 16.5. The van der Waals surface area contributed by atoms with Crippen molar-refractivity contribution in [1.82, 2.24) is 0 Å². The lowest BCUT2D eigenvalue weighted by Crippen LogP contribution is -2.28. The molecule has 0 saturated carbocycles. The second-order valence-corrected chi connectivity index (χ2v) is 2.88. The molecule has 2 N–H and O–H groups in total. The van der Waals surface area contributed by atoms with E-state index in [0.717, 1.165) is 12.0 Å². The molecule has 0 bridgehead atoms. The maximum Gasteiger partial charge on any atom is 0.293 e. The maximum atomic E-state index is 9.88. The maximum absolute atomic E-state index is 9.88. The molecule has 0 aliphatic rings. The Morgan fingerprint density at radius 1 is 1.38 bits per heavy atom. The standard InChI is InChI=1S/C10H13NO2/c11-10(7-13-8-12)6-9-4-2-1-3-5-9/h1-5,8,10H,6-7,11H2. The van der Waals surface area contributed by atoms with Crippen LogP contribution in [0, 0.1) is 0 Å². The third-order valence-corrected chi connectivity index (χ3v) is 1.72. The van der Waals surface area contributed by atoms with E-state index in [2.05, 4.69) is 4.74 Å². The van der Waals surface area contributed by atoms with Crippen molar-refractivity contribution in [1.29, 1.82) is 0 Å². The molecule has 0 amide bonds. The fourth-order valence-electron chi connectivity index (χ4n) is 1.14. The SMILES string of the molecule is NC(COC=O)Cc1ccccc1. The van der Waals surface area contributed by atoms with Gasteiger partial charge in [-0.25, -0.2) is 0 Å². The molecule has 1 rings (SSSR count). The Labute approximate surface area is 77.5 Å². The molecule has 70 valence electrons.